The maximum Gasteiger partial charge on any atom is 0.270 e. The van der Waals surface area contributed by atoms with Crippen LogP contribution in [0.5, 0.6) is 5.75 Å². The molecule has 3 aromatic rings. The van der Waals surface area contributed by atoms with E-state index in [0.717, 1.165) is 35.7 Å². The van der Waals surface area contributed by atoms with E-state index in [1.807, 2.05) is 43.3 Å². The highest BCUT2D eigenvalue weighted by Crippen LogP contribution is 2.32. The summed E-state index contributed by atoms with van der Waals surface area (Å²) in [6.07, 6.45) is 0.951. The van der Waals surface area contributed by atoms with Crippen molar-refractivity contribution in [2.75, 3.05) is 18.6 Å². The summed E-state index contributed by atoms with van der Waals surface area (Å²) < 4.78 is 5.16. The molecule has 1 N–H and O–H groups in total. The molecule has 142 valence electrons. The SMILES string of the molecule is COc1ccc(CNC(=O)c2cc(C)nc(N3CCc4ccccc43)n2)cc1. The van der Waals surface area contributed by atoms with Gasteiger partial charge < -0.3 is 15.0 Å². The van der Waals surface area contributed by atoms with Gasteiger partial charge in [0.05, 0.1) is 7.11 Å². The van der Waals surface area contributed by atoms with Gasteiger partial charge in [-0.15, -0.1) is 0 Å². The Morgan fingerprint density at radius 1 is 1.14 bits per heavy atom. The summed E-state index contributed by atoms with van der Waals surface area (Å²) in [7, 11) is 1.63. The number of aromatic nitrogens is 2. The predicted molar refractivity (Wildman–Crippen MR) is 108 cm³/mol. The third-order valence-corrected chi connectivity index (χ3v) is 4.82. The van der Waals surface area contributed by atoms with Gasteiger partial charge in [0, 0.05) is 24.5 Å². The lowest BCUT2D eigenvalue weighted by Crippen LogP contribution is -2.25. The number of anilines is 2. The largest absolute Gasteiger partial charge is 0.497 e. The van der Waals surface area contributed by atoms with Crippen LogP contribution in [0.25, 0.3) is 0 Å². The molecule has 1 aliphatic heterocycles. The van der Waals surface area contributed by atoms with Gasteiger partial charge in [0.15, 0.2) is 0 Å². The fourth-order valence-electron chi connectivity index (χ4n) is 3.35. The molecule has 0 spiro atoms. The maximum atomic E-state index is 12.7. The molecule has 0 radical (unpaired) electrons. The summed E-state index contributed by atoms with van der Waals surface area (Å²) in [6.45, 7) is 3.12. The highest BCUT2D eigenvalue weighted by molar-refractivity contribution is 5.92. The Morgan fingerprint density at radius 2 is 1.93 bits per heavy atom. The first kappa shape index (κ1) is 18.0. The molecular weight excluding hydrogens is 352 g/mol. The van der Waals surface area contributed by atoms with Crippen molar-refractivity contribution in [1.82, 2.24) is 15.3 Å². The Balaban J connectivity index is 1.51. The summed E-state index contributed by atoms with van der Waals surface area (Å²) in [4.78, 5) is 23.8. The smallest absolute Gasteiger partial charge is 0.270 e. The number of nitrogens with zero attached hydrogens (tertiary/aromatic N) is 3. The number of methoxy groups -OCH3 is 1. The second-order valence-electron chi connectivity index (χ2n) is 6.76. The minimum Gasteiger partial charge on any atom is -0.497 e. The average Bonchev–Trinajstić information content (AvgIpc) is 3.16. The number of amides is 1. The third kappa shape index (κ3) is 3.67. The van der Waals surface area contributed by atoms with Crippen molar-refractivity contribution in [2.45, 2.75) is 19.9 Å². The summed E-state index contributed by atoms with van der Waals surface area (Å²) >= 11 is 0. The molecule has 4 rings (SSSR count). The standard InChI is InChI=1S/C22H22N4O2/c1-15-13-19(21(27)23-14-16-7-9-18(28-2)10-8-16)25-22(24-15)26-12-11-17-5-3-4-6-20(17)26/h3-10,13H,11-12,14H2,1-2H3,(H,23,27). The molecule has 28 heavy (non-hydrogen) atoms. The van der Waals surface area contributed by atoms with Crippen LogP contribution >= 0.6 is 0 Å². The average molecular weight is 374 g/mol. The van der Waals surface area contributed by atoms with E-state index < -0.39 is 0 Å². The Bertz CT molecular complexity index is 1000. The van der Waals surface area contributed by atoms with Crippen molar-refractivity contribution >= 4 is 17.5 Å². The van der Waals surface area contributed by atoms with Crippen LogP contribution in [-0.2, 0) is 13.0 Å². The Morgan fingerprint density at radius 3 is 2.71 bits per heavy atom. The molecule has 1 aliphatic rings. The van der Waals surface area contributed by atoms with E-state index in [1.54, 1.807) is 13.2 Å². The van der Waals surface area contributed by atoms with Crippen molar-refractivity contribution in [3.8, 4) is 5.75 Å². The van der Waals surface area contributed by atoms with Gasteiger partial charge >= 0.3 is 0 Å². The lowest BCUT2D eigenvalue weighted by molar-refractivity contribution is 0.0945. The van der Waals surface area contributed by atoms with Crippen LogP contribution in [0.4, 0.5) is 11.6 Å². The van der Waals surface area contributed by atoms with Crippen LogP contribution < -0.4 is 15.0 Å². The molecule has 6 heteroatoms. The summed E-state index contributed by atoms with van der Waals surface area (Å²) in [5.41, 5.74) is 4.52. The van der Waals surface area contributed by atoms with E-state index in [9.17, 15) is 4.79 Å². The zero-order chi connectivity index (χ0) is 19.5. The van der Waals surface area contributed by atoms with Crippen molar-refractivity contribution in [2.24, 2.45) is 0 Å². The molecule has 0 fully saturated rings. The van der Waals surface area contributed by atoms with Gasteiger partial charge in [-0.05, 0) is 48.7 Å². The van der Waals surface area contributed by atoms with E-state index in [0.29, 0.717) is 18.2 Å². The Hall–Kier alpha value is -3.41. The molecule has 0 saturated heterocycles. The number of hydrogen-bond donors (Lipinski definition) is 1. The van der Waals surface area contributed by atoms with Gasteiger partial charge in [-0.25, -0.2) is 9.97 Å². The second kappa shape index (κ2) is 7.68. The van der Waals surface area contributed by atoms with Gasteiger partial charge in [-0.1, -0.05) is 30.3 Å². The van der Waals surface area contributed by atoms with Crippen LogP contribution in [0, 0.1) is 6.92 Å². The number of carbonyl (C=O) groups excluding carboxylic acids is 1. The summed E-state index contributed by atoms with van der Waals surface area (Å²) in [5.74, 6) is 1.15. The van der Waals surface area contributed by atoms with Gasteiger partial charge in [0.1, 0.15) is 11.4 Å². The molecule has 0 bridgehead atoms. The first-order chi connectivity index (χ1) is 13.6. The zero-order valence-corrected chi connectivity index (χ0v) is 16.0. The molecule has 0 unspecified atom stereocenters. The van der Waals surface area contributed by atoms with Crippen LogP contribution in [0.1, 0.15) is 27.3 Å². The number of carbonyl (C=O) groups is 1. The fraction of sp³-hybridized carbons (Fsp3) is 0.227. The van der Waals surface area contributed by atoms with E-state index >= 15 is 0 Å². The van der Waals surface area contributed by atoms with E-state index in [-0.39, 0.29) is 5.91 Å². The normalized spacial score (nSPS) is 12.6. The van der Waals surface area contributed by atoms with Crippen molar-refractivity contribution in [3.63, 3.8) is 0 Å². The van der Waals surface area contributed by atoms with Crippen LogP contribution in [-0.4, -0.2) is 29.5 Å². The van der Waals surface area contributed by atoms with E-state index in [2.05, 4.69) is 32.3 Å². The Kier molecular flexibility index (Phi) is 4.93. The number of ether oxygens (including phenoxy) is 1. The lowest BCUT2D eigenvalue weighted by atomic mass is 10.2. The molecule has 1 aromatic heterocycles. The number of aryl methyl sites for hydroxylation is 1. The summed E-state index contributed by atoms with van der Waals surface area (Å²) in [5, 5.41) is 2.93. The topological polar surface area (TPSA) is 67.3 Å². The number of hydrogen-bond acceptors (Lipinski definition) is 5. The molecule has 0 saturated carbocycles. The molecule has 0 aliphatic carbocycles. The predicted octanol–water partition coefficient (Wildman–Crippen LogP) is 3.42. The number of fused-ring (bicyclic) bond motifs is 1. The minimum atomic E-state index is -0.213. The minimum absolute atomic E-state index is 0.213. The molecular formula is C22H22N4O2. The first-order valence-corrected chi connectivity index (χ1v) is 9.26. The third-order valence-electron chi connectivity index (χ3n) is 4.82. The monoisotopic (exact) mass is 374 g/mol. The van der Waals surface area contributed by atoms with Gasteiger partial charge in [-0.2, -0.15) is 0 Å². The van der Waals surface area contributed by atoms with Gasteiger partial charge in [-0.3, -0.25) is 4.79 Å². The number of rotatable bonds is 5. The number of benzene rings is 2. The maximum absolute atomic E-state index is 12.7. The molecule has 1 amide bonds. The summed E-state index contributed by atoms with van der Waals surface area (Å²) in [6, 6.07) is 17.6. The zero-order valence-electron chi connectivity index (χ0n) is 16.0. The molecule has 0 atom stereocenters. The van der Waals surface area contributed by atoms with Crippen molar-refractivity contribution in [3.05, 3.63) is 77.1 Å². The van der Waals surface area contributed by atoms with Gasteiger partial charge in [0.25, 0.3) is 5.91 Å². The van der Waals surface area contributed by atoms with Gasteiger partial charge in [0.2, 0.25) is 5.95 Å². The van der Waals surface area contributed by atoms with Crippen molar-refractivity contribution in [1.29, 1.82) is 0 Å². The first-order valence-electron chi connectivity index (χ1n) is 9.26. The lowest BCUT2D eigenvalue weighted by Gasteiger charge is -2.18. The van der Waals surface area contributed by atoms with E-state index in [4.69, 9.17) is 4.74 Å². The number of para-hydroxylation sites is 1. The second-order valence-corrected chi connectivity index (χ2v) is 6.76. The highest BCUT2D eigenvalue weighted by atomic mass is 16.5. The number of nitrogens with one attached hydrogen (secondary N) is 1. The molecule has 6 nitrogen and oxygen atoms in total. The van der Waals surface area contributed by atoms with Crippen LogP contribution in [0.15, 0.2) is 54.6 Å². The highest BCUT2D eigenvalue weighted by Gasteiger charge is 2.23. The molecule has 2 aromatic carbocycles. The van der Waals surface area contributed by atoms with E-state index in [1.165, 1.54) is 5.56 Å². The fourth-order valence-corrected chi connectivity index (χ4v) is 3.35. The Labute approximate surface area is 164 Å². The quantitative estimate of drug-likeness (QED) is 0.741. The molecule has 2 heterocycles. The van der Waals surface area contributed by atoms with Crippen LogP contribution in [0.3, 0.4) is 0 Å². The van der Waals surface area contributed by atoms with Crippen molar-refractivity contribution < 1.29 is 9.53 Å². The van der Waals surface area contributed by atoms with Crippen LogP contribution in [0.2, 0.25) is 0 Å².